The van der Waals surface area contributed by atoms with E-state index < -0.39 is 6.10 Å². The molecule has 2 atom stereocenters. The van der Waals surface area contributed by atoms with Crippen LogP contribution in [0.1, 0.15) is 56.0 Å². The summed E-state index contributed by atoms with van der Waals surface area (Å²) in [6.45, 7) is 7.49. The average Bonchev–Trinajstić information content (AvgIpc) is 2.61. The molecule has 0 radical (unpaired) electrons. The minimum absolute atomic E-state index is 0.000933. The summed E-state index contributed by atoms with van der Waals surface area (Å²) < 4.78 is 5.69. The van der Waals surface area contributed by atoms with Gasteiger partial charge in [0.25, 0.3) is 5.91 Å². The maximum atomic E-state index is 12.5. The van der Waals surface area contributed by atoms with E-state index in [0.29, 0.717) is 17.2 Å². The number of ketones is 1. The third kappa shape index (κ3) is 4.92. The van der Waals surface area contributed by atoms with Crippen LogP contribution in [0.15, 0.2) is 48.5 Å². The third-order valence-electron chi connectivity index (χ3n) is 4.30. The zero-order valence-electron chi connectivity index (χ0n) is 15.2. The fraction of sp³-hybridized carbons (Fsp3) is 0.333. The van der Waals surface area contributed by atoms with E-state index in [1.165, 1.54) is 6.92 Å². The van der Waals surface area contributed by atoms with Gasteiger partial charge in [-0.3, -0.25) is 9.59 Å². The molecule has 0 aromatic heterocycles. The number of carbonyl (C=O) groups is 2. The fourth-order valence-electron chi connectivity index (χ4n) is 2.52. The molecule has 0 aliphatic heterocycles. The molecule has 132 valence electrons. The Balaban J connectivity index is 2.04. The van der Waals surface area contributed by atoms with Crippen LogP contribution in [0.2, 0.25) is 0 Å². The lowest BCUT2D eigenvalue weighted by atomic mass is 9.97. The van der Waals surface area contributed by atoms with Gasteiger partial charge in [-0.05, 0) is 62.1 Å². The van der Waals surface area contributed by atoms with Crippen LogP contribution in [-0.2, 0) is 4.79 Å². The molecule has 0 saturated carbocycles. The molecule has 0 aliphatic rings. The van der Waals surface area contributed by atoms with E-state index in [0.717, 1.165) is 17.7 Å². The molecule has 0 aliphatic carbocycles. The van der Waals surface area contributed by atoms with Crippen LogP contribution in [0.25, 0.3) is 0 Å². The number of amides is 1. The molecule has 2 aromatic carbocycles. The lowest BCUT2D eigenvalue weighted by Gasteiger charge is -2.18. The second-order valence-corrected chi connectivity index (χ2v) is 6.23. The summed E-state index contributed by atoms with van der Waals surface area (Å²) in [5, 5.41) is 2.96. The molecule has 0 fully saturated rings. The molecule has 1 amide bonds. The first-order valence-corrected chi connectivity index (χ1v) is 8.59. The van der Waals surface area contributed by atoms with E-state index in [1.54, 1.807) is 31.2 Å². The lowest BCUT2D eigenvalue weighted by Crippen LogP contribution is -2.30. The summed E-state index contributed by atoms with van der Waals surface area (Å²) in [6.07, 6.45) is 0.356. The van der Waals surface area contributed by atoms with Gasteiger partial charge in [0.2, 0.25) is 0 Å². The van der Waals surface area contributed by atoms with Gasteiger partial charge in [0.1, 0.15) is 5.75 Å². The average molecular weight is 339 g/mol. The Hall–Kier alpha value is -2.62. The number of carbonyl (C=O) groups excluding carboxylic acids is 2. The van der Waals surface area contributed by atoms with Crippen molar-refractivity contribution < 1.29 is 14.3 Å². The van der Waals surface area contributed by atoms with Crippen molar-refractivity contribution in [1.82, 2.24) is 0 Å². The first kappa shape index (κ1) is 18.7. The predicted octanol–water partition coefficient (Wildman–Crippen LogP) is 4.81. The first-order valence-electron chi connectivity index (χ1n) is 8.59. The van der Waals surface area contributed by atoms with Crippen LogP contribution in [0.3, 0.4) is 0 Å². The summed E-state index contributed by atoms with van der Waals surface area (Å²) in [7, 11) is 0. The van der Waals surface area contributed by atoms with Crippen LogP contribution < -0.4 is 10.1 Å². The number of Topliss-reactive ketones (excluding diaryl/α,β-unsaturated/α-hetero) is 1. The smallest absolute Gasteiger partial charge is 0.265 e. The van der Waals surface area contributed by atoms with Gasteiger partial charge in [-0.15, -0.1) is 0 Å². The fourth-order valence-corrected chi connectivity index (χ4v) is 2.52. The Labute approximate surface area is 149 Å². The van der Waals surface area contributed by atoms with Crippen molar-refractivity contribution in [2.45, 2.75) is 46.1 Å². The second-order valence-electron chi connectivity index (χ2n) is 6.23. The predicted molar refractivity (Wildman–Crippen MR) is 100 cm³/mol. The summed E-state index contributed by atoms with van der Waals surface area (Å²) in [5.41, 5.74) is 2.56. The summed E-state index contributed by atoms with van der Waals surface area (Å²) in [4.78, 5) is 23.8. The van der Waals surface area contributed by atoms with Crippen LogP contribution in [0, 0.1) is 0 Å². The highest BCUT2D eigenvalue weighted by Gasteiger charge is 2.17. The summed E-state index contributed by atoms with van der Waals surface area (Å²) in [6, 6.07) is 14.6. The van der Waals surface area contributed by atoms with Crippen molar-refractivity contribution in [3.63, 3.8) is 0 Å². The Kier molecular flexibility index (Phi) is 6.34. The minimum Gasteiger partial charge on any atom is -0.481 e. The molecule has 0 heterocycles. The number of benzene rings is 2. The number of nitrogens with one attached hydrogen (secondary N) is 1. The lowest BCUT2D eigenvalue weighted by molar-refractivity contribution is -0.122. The van der Waals surface area contributed by atoms with E-state index in [4.69, 9.17) is 4.74 Å². The van der Waals surface area contributed by atoms with E-state index >= 15 is 0 Å². The molecule has 25 heavy (non-hydrogen) atoms. The van der Waals surface area contributed by atoms with Gasteiger partial charge in [0.05, 0.1) is 0 Å². The molecule has 0 saturated heterocycles. The molecule has 0 bridgehead atoms. The molecular weight excluding hydrogens is 314 g/mol. The maximum Gasteiger partial charge on any atom is 0.265 e. The normalized spacial score (nSPS) is 13.0. The number of ether oxygens (including phenoxy) is 1. The molecule has 2 aromatic rings. The number of rotatable bonds is 7. The number of anilines is 1. The molecule has 4 nitrogen and oxygen atoms in total. The van der Waals surface area contributed by atoms with E-state index in [1.807, 2.05) is 24.3 Å². The molecule has 0 spiro atoms. The second kappa shape index (κ2) is 8.47. The van der Waals surface area contributed by atoms with E-state index in [-0.39, 0.29) is 11.7 Å². The van der Waals surface area contributed by atoms with Gasteiger partial charge in [-0.1, -0.05) is 32.0 Å². The van der Waals surface area contributed by atoms with Crippen molar-refractivity contribution in [1.29, 1.82) is 0 Å². The van der Waals surface area contributed by atoms with Crippen LogP contribution in [0.4, 0.5) is 5.69 Å². The highest BCUT2D eigenvalue weighted by molar-refractivity contribution is 5.95. The van der Waals surface area contributed by atoms with Crippen molar-refractivity contribution in [2.75, 3.05) is 5.32 Å². The molecular formula is C21H25NO3. The molecule has 0 unspecified atom stereocenters. The number of hydrogen-bond acceptors (Lipinski definition) is 3. The zero-order chi connectivity index (χ0) is 18.4. The van der Waals surface area contributed by atoms with Crippen molar-refractivity contribution in [2.24, 2.45) is 0 Å². The highest BCUT2D eigenvalue weighted by Crippen LogP contribution is 2.26. The van der Waals surface area contributed by atoms with E-state index in [2.05, 4.69) is 19.2 Å². The standard InChI is InChI=1S/C21H25NO3/c1-5-14(2)19-8-6-7-9-20(19)22-21(24)16(4)25-18-12-10-17(11-13-18)15(3)23/h6-14,16H,5H2,1-4H3,(H,22,24)/t14-,16+/m1/s1. The highest BCUT2D eigenvalue weighted by atomic mass is 16.5. The maximum absolute atomic E-state index is 12.5. The Bertz CT molecular complexity index is 737. The van der Waals surface area contributed by atoms with Gasteiger partial charge in [0.15, 0.2) is 11.9 Å². The number of hydrogen-bond donors (Lipinski definition) is 1. The molecule has 1 N–H and O–H groups in total. The van der Waals surface area contributed by atoms with Crippen LogP contribution >= 0.6 is 0 Å². The van der Waals surface area contributed by atoms with Crippen LogP contribution in [0.5, 0.6) is 5.75 Å². The number of para-hydroxylation sites is 1. The van der Waals surface area contributed by atoms with E-state index in [9.17, 15) is 9.59 Å². The molecule has 4 heteroatoms. The van der Waals surface area contributed by atoms with Gasteiger partial charge in [-0.2, -0.15) is 0 Å². The SMILES string of the molecule is CC[C@@H](C)c1ccccc1NC(=O)[C@H](C)Oc1ccc(C(C)=O)cc1. The third-order valence-corrected chi connectivity index (χ3v) is 4.30. The first-order chi connectivity index (χ1) is 11.9. The quantitative estimate of drug-likeness (QED) is 0.737. The largest absolute Gasteiger partial charge is 0.481 e. The molecule has 2 rings (SSSR count). The summed E-state index contributed by atoms with van der Waals surface area (Å²) in [5.74, 6) is 0.722. The zero-order valence-corrected chi connectivity index (χ0v) is 15.2. The summed E-state index contributed by atoms with van der Waals surface area (Å²) >= 11 is 0. The van der Waals surface area contributed by atoms with Crippen molar-refractivity contribution in [3.8, 4) is 5.75 Å². The monoisotopic (exact) mass is 339 g/mol. The van der Waals surface area contributed by atoms with Crippen molar-refractivity contribution >= 4 is 17.4 Å². The van der Waals surface area contributed by atoms with Crippen LogP contribution in [-0.4, -0.2) is 17.8 Å². The van der Waals surface area contributed by atoms with Gasteiger partial charge < -0.3 is 10.1 Å². The van der Waals surface area contributed by atoms with Gasteiger partial charge in [0, 0.05) is 11.3 Å². The topological polar surface area (TPSA) is 55.4 Å². The minimum atomic E-state index is -0.645. The Morgan fingerprint density at radius 1 is 1.04 bits per heavy atom. The van der Waals surface area contributed by atoms with Gasteiger partial charge in [-0.25, -0.2) is 0 Å². The van der Waals surface area contributed by atoms with Crippen molar-refractivity contribution in [3.05, 3.63) is 59.7 Å². The van der Waals surface area contributed by atoms with Gasteiger partial charge >= 0.3 is 0 Å². The Morgan fingerprint density at radius 2 is 1.68 bits per heavy atom. The Morgan fingerprint density at radius 3 is 2.28 bits per heavy atom.